The van der Waals surface area contributed by atoms with Gasteiger partial charge in [0.15, 0.2) is 0 Å². The maximum absolute atomic E-state index is 3.64. The Morgan fingerprint density at radius 2 is 1.94 bits per heavy atom. The molecule has 1 aromatic carbocycles. The summed E-state index contributed by atoms with van der Waals surface area (Å²) in [6.07, 6.45) is 5.40. The number of nitrogens with one attached hydrogen (secondary N) is 1. The molecule has 0 bridgehead atoms. The average Bonchev–Trinajstić information content (AvgIpc) is 2.76. The van der Waals surface area contributed by atoms with E-state index in [1.54, 1.807) is 0 Å². The minimum absolute atomic E-state index is 0.916. The van der Waals surface area contributed by atoms with Crippen LogP contribution >= 0.6 is 0 Å². The first kappa shape index (κ1) is 12.6. The maximum Gasteiger partial charge on any atom is 0.0208 e. The summed E-state index contributed by atoms with van der Waals surface area (Å²) in [6.45, 7) is 6.85. The van der Waals surface area contributed by atoms with Crippen LogP contribution in [0.15, 0.2) is 24.3 Å². The fraction of sp³-hybridized carbons (Fsp3) is 0.625. The van der Waals surface area contributed by atoms with E-state index >= 15 is 0 Å². The van der Waals surface area contributed by atoms with E-state index < -0.39 is 0 Å². The Morgan fingerprint density at radius 1 is 1.18 bits per heavy atom. The fourth-order valence-corrected chi connectivity index (χ4v) is 3.00. The van der Waals surface area contributed by atoms with Gasteiger partial charge in [0.2, 0.25) is 0 Å². The highest BCUT2D eigenvalue weighted by atomic mass is 14.9. The Labute approximate surface area is 106 Å². The summed E-state index contributed by atoms with van der Waals surface area (Å²) in [5.74, 6) is 1.86. The molecule has 0 spiro atoms. The van der Waals surface area contributed by atoms with Crippen LogP contribution in [-0.4, -0.2) is 6.54 Å². The van der Waals surface area contributed by atoms with Crippen molar-refractivity contribution in [1.82, 2.24) is 5.32 Å². The molecule has 1 saturated carbocycles. The van der Waals surface area contributed by atoms with E-state index in [-0.39, 0.29) is 0 Å². The molecule has 1 aliphatic rings. The molecule has 2 unspecified atom stereocenters. The van der Waals surface area contributed by atoms with Gasteiger partial charge in [-0.2, -0.15) is 0 Å². The fourth-order valence-electron chi connectivity index (χ4n) is 3.00. The number of benzene rings is 1. The Balaban J connectivity index is 1.78. The summed E-state index contributed by atoms with van der Waals surface area (Å²) < 4.78 is 0. The molecule has 0 aliphatic heterocycles. The zero-order valence-corrected chi connectivity index (χ0v) is 11.2. The number of hydrogen-bond acceptors (Lipinski definition) is 1. The number of rotatable bonds is 5. The zero-order valence-electron chi connectivity index (χ0n) is 11.2. The van der Waals surface area contributed by atoms with Gasteiger partial charge in [-0.3, -0.25) is 0 Å². The van der Waals surface area contributed by atoms with Crippen molar-refractivity contribution in [3.05, 3.63) is 35.4 Å². The maximum atomic E-state index is 3.64. The number of hydrogen-bond donors (Lipinski definition) is 1. The van der Waals surface area contributed by atoms with Gasteiger partial charge in [-0.05, 0) is 48.8 Å². The molecular weight excluding hydrogens is 206 g/mol. The molecule has 2 rings (SSSR count). The van der Waals surface area contributed by atoms with Gasteiger partial charge in [-0.15, -0.1) is 0 Å². The second-order valence-electron chi connectivity index (χ2n) is 5.54. The molecule has 1 nitrogen and oxygen atoms in total. The third-order valence-corrected chi connectivity index (χ3v) is 4.05. The molecule has 0 radical (unpaired) electrons. The lowest BCUT2D eigenvalue weighted by molar-refractivity contribution is 0.470. The molecule has 1 heteroatoms. The highest BCUT2D eigenvalue weighted by Gasteiger charge is 2.20. The van der Waals surface area contributed by atoms with E-state index in [4.69, 9.17) is 0 Å². The van der Waals surface area contributed by atoms with E-state index in [1.165, 1.54) is 36.9 Å². The summed E-state index contributed by atoms with van der Waals surface area (Å²) in [7, 11) is 0. The molecule has 2 atom stereocenters. The Kier molecular flexibility index (Phi) is 4.61. The molecule has 1 fully saturated rings. The molecular formula is C16H25N. The van der Waals surface area contributed by atoms with Gasteiger partial charge in [-0.25, -0.2) is 0 Å². The van der Waals surface area contributed by atoms with Crippen LogP contribution in [0.25, 0.3) is 0 Å². The second kappa shape index (κ2) is 6.20. The molecule has 1 aromatic rings. The summed E-state index contributed by atoms with van der Waals surface area (Å²) in [5.41, 5.74) is 2.96. The van der Waals surface area contributed by atoms with Gasteiger partial charge in [-0.1, -0.05) is 44.5 Å². The van der Waals surface area contributed by atoms with Gasteiger partial charge in [0.25, 0.3) is 0 Å². The van der Waals surface area contributed by atoms with Gasteiger partial charge in [0, 0.05) is 6.54 Å². The Hall–Kier alpha value is -0.820. The SMILES string of the molecule is CCc1ccccc1CNCC1CCC(C)C1. The van der Waals surface area contributed by atoms with Crippen molar-refractivity contribution < 1.29 is 0 Å². The summed E-state index contributed by atoms with van der Waals surface area (Å²) >= 11 is 0. The first-order valence-electron chi connectivity index (χ1n) is 7.07. The standard InChI is InChI=1S/C16H25N/c1-3-15-6-4-5-7-16(15)12-17-11-14-9-8-13(2)10-14/h4-7,13-14,17H,3,8-12H2,1-2H3. The van der Waals surface area contributed by atoms with Crippen LogP contribution in [0.5, 0.6) is 0 Å². The predicted molar refractivity (Wildman–Crippen MR) is 74.0 cm³/mol. The van der Waals surface area contributed by atoms with Crippen LogP contribution < -0.4 is 5.32 Å². The van der Waals surface area contributed by atoms with Crippen molar-refractivity contribution >= 4 is 0 Å². The van der Waals surface area contributed by atoms with Crippen molar-refractivity contribution in [3.8, 4) is 0 Å². The lowest BCUT2D eigenvalue weighted by Crippen LogP contribution is -2.21. The summed E-state index contributed by atoms with van der Waals surface area (Å²) in [6, 6.07) is 8.78. The van der Waals surface area contributed by atoms with Crippen molar-refractivity contribution in [2.45, 2.75) is 46.1 Å². The average molecular weight is 231 g/mol. The minimum atomic E-state index is 0.916. The van der Waals surface area contributed by atoms with Crippen LogP contribution in [-0.2, 0) is 13.0 Å². The lowest BCUT2D eigenvalue weighted by atomic mass is 10.0. The quantitative estimate of drug-likeness (QED) is 0.813. The molecule has 94 valence electrons. The van der Waals surface area contributed by atoms with Crippen LogP contribution in [0.4, 0.5) is 0 Å². The van der Waals surface area contributed by atoms with E-state index in [0.29, 0.717) is 0 Å². The molecule has 0 aromatic heterocycles. The van der Waals surface area contributed by atoms with Crippen LogP contribution in [0, 0.1) is 11.8 Å². The Bertz CT molecular complexity index is 345. The van der Waals surface area contributed by atoms with Crippen molar-refractivity contribution in [2.75, 3.05) is 6.54 Å². The largest absolute Gasteiger partial charge is 0.312 e. The highest BCUT2D eigenvalue weighted by molar-refractivity contribution is 5.26. The molecule has 0 saturated heterocycles. The van der Waals surface area contributed by atoms with Crippen molar-refractivity contribution in [2.24, 2.45) is 11.8 Å². The molecule has 17 heavy (non-hydrogen) atoms. The predicted octanol–water partition coefficient (Wildman–Crippen LogP) is 3.77. The van der Waals surface area contributed by atoms with Crippen molar-refractivity contribution in [3.63, 3.8) is 0 Å². The van der Waals surface area contributed by atoms with Crippen LogP contribution in [0.1, 0.15) is 44.2 Å². The van der Waals surface area contributed by atoms with E-state index in [9.17, 15) is 0 Å². The third-order valence-electron chi connectivity index (χ3n) is 4.05. The molecule has 0 amide bonds. The first-order valence-corrected chi connectivity index (χ1v) is 7.07. The highest BCUT2D eigenvalue weighted by Crippen LogP contribution is 2.29. The van der Waals surface area contributed by atoms with E-state index in [1.807, 2.05) is 0 Å². The molecule has 1 aliphatic carbocycles. The first-order chi connectivity index (χ1) is 8.29. The van der Waals surface area contributed by atoms with Gasteiger partial charge in [0.05, 0.1) is 0 Å². The van der Waals surface area contributed by atoms with Gasteiger partial charge < -0.3 is 5.32 Å². The Morgan fingerprint density at radius 3 is 2.59 bits per heavy atom. The van der Waals surface area contributed by atoms with Crippen LogP contribution in [0.3, 0.4) is 0 Å². The van der Waals surface area contributed by atoms with E-state index in [0.717, 1.165) is 24.8 Å². The molecule has 0 heterocycles. The zero-order chi connectivity index (χ0) is 12.1. The third kappa shape index (κ3) is 3.57. The minimum Gasteiger partial charge on any atom is -0.312 e. The van der Waals surface area contributed by atoms with Gasteiger partial charge >= 0.3 is 0 Å². The molecule has 1 N–H and O–H groups in total. The van der Waals surface area contributed by atoms with Gasteiger partial charge in [0.1, 0.15) is 0 Å². The number of aryl methyl sites for hydroxylation is 1. The summed E-state index contributed by atoms with van der Waals surface area (Å²) in [4.78, 5) is 0. The monoisotopic (exact) mass is 231 g/mol. The van der Waals surface area contributed by atoms with Crippen molar-refractivity contribution in [1.29, 1.82) is 0 Å². The summed E-state index contributed by atoms with van der Waals surface area (Å²) in [5, 5.41) is 3.64. The topological polar surface area (TPSA) is 12.0 Å². The lowest BCUT2D eigenvalue weighted by Gasteiger charge is -2.13. The normalized spacial score (nSPS) is 24.1. The smallest absolute Gasteiger partial charge is 0.0208 e. The van der Waals surface area contributed by atoms with Crippen LogP contribution in [0.2, 0.25) is 0 Å². The van der Waals surface area contributed by atoms with E-state index in [2.05, 4.69) is 43.4 Å². The second-order valence-corrected chi connectivity index (χ2v) is 5.54.